The van der Waals surface area contributed by atoms with Crippen molar-refractivity contribution in [3.63, 3.8) is 0 Å². The van der Waals surface area contributed by atoms with Crippen LogP contribution >= 0.6 is 0 Å². The van der Waals surface area contributed by atoms with Crippen LogP contribution < -0.4 is 20.3 Å². The van der Waals surface area contributed by atoms with Crippen LogP contribution in [0, 0.1) is 0 Å². The number of ether oxygens (including phenoxy) is 1. The van der Waals surface area contributed by atoms with E-state index in [0.29, 0.717) is 54.3 Å². The van der Waals surface area contributed by atoms with E-state index >= 15 is 0 Å². The molecule has 0 aliphatic carbocycles. The number of hydrogen-bond donors (Lipinski definition) is 3. The summed E-state index contributed by atoms with van der Waals surface area (Å²) in [6.07, 6.45) is 2.92. The average Bonchev–Trinajstić information content (AvgIpc) is 3.35. The summed E-state index contributed by atoms with van der Waals surface area (Å²) in [6.45, 7) is 0.851. The van der Waals surface area contributed by atoms with E-state index in [1.165, 1.54) is 4.68 Å². The van der Waals surface area contributed by atoms with Crippen molar-refractivity contribution in [3.05, 3.63) is 65.5 Å². The van der Waals surface area contributed by atoms with Crippen LogP contribution in [-0.2, 0) is 11.2 Å². The van der Waals surface area contributed by atoms with Crippen LogP contribution in [-0.4, -0.2) is 71.1 Å². The van der Waals surface area contributed by atoms with Gasteiger partial charge in [-0.3, -0.25) is 14.4 Å². The van der Waals surface area contributed by atoms with Gasteiger partial charge in [0.15, 0.2) is 5.69 Å². The van der Waals surface area contributed by atoms with Crippen LogP contribution in [0.1, 0.15) is 45.8 Å². The molecule has 5 rings (SSSR count). The summed E-state index contributed by atoms with van der Waals surface area (Å²) < 4.78 is 6.69. The lowest BCUT2D eigenvalue weighted by Gasteiger charge is -2.29. The zero-order chi connectivity index (χ0) is 27.2. The number of carbonyl (C=O) groups is 3. The summed E-state index contributed by atoms with van der Waals surface area (Å²) in [5.74, 6) is -0.139. The van der Waals surface area contributed by atoms with Crippen molar-refractivity contribution in [2.45, 2.75) is 25.7 Å². The molecule has 200 valence electrons. The first-order valence-electron chi connectivity index (χ1n) is 12.4. The molecule has 2 aromatic carbocycles. The van der Waals surface area contributed by atoms with Gasteiger partial charge in [-0.05, 0) is 67.8 Å². The predicted octanol–water partition coefficient (Wildman–Crippen LogP) is 1.67. The average molecular weight is 522 g/mol. The molecule has 0 spiro atoms. The number of aromatic nitrogens is 2. The number of rotatable bonds is 6. The van der Waals surface area contributed by atoms with E-state index in [2.05, 4.69) is 5.10 Å². The predicted molar refractivity (Wildman–Crippen MR) is 141 cm³/mol. The SMILES string of the molecule is COc1ccc(-n2nc(C(N)=O)c3c2C(=O)N(c2ccc(N4CCCCC4=O)cc2)CC3)cc1.OCCO. The fraction of sp³-hybridized carbons (Fsp3) is 0.333. The zero-order valence-corrected chi connectivity index (χ0v) is 21.2. The van der Waals surface area contributed by atoms with E-state index in [1.807, 2.05) is 24.3 Å². The second-order valence-corrected chi connectivity index (χ2v) is 8.82. The van der Waals surface area contributed by atoms with Gasteiger partial charge in [-0.1, -0.05) is 0 Å². The third kappa shape index (κ3) is 5.38. The van der Waals surface area contributed by atoms with E-state index in [9.17, 15) is 14.4 Å². The highest BCUT2D eigenvalue weighted by atomic mass is 16.5. The smallest absolute Gasteiger partial charge is 0.277 e. The second-order valence-electron chi connectivity index (χ2n) is 8.82. The van der Waals surface area contributed by atoms with Crippen molar-refractivity contribution in [3.8, 4) is 11.4 Å². The topological polar surface area (TPSA) is 151 Å². The molecule has 0 atom stereocenters. The van der Waals surface area contributed by atoms with Gasteiger partial charge in [0.05, 0.1) is 26.0 Å². The Hall–Kier alpha value is -4.22. The maximum absolute atomic E-state index is 13.6. The van der Waals surface area contributed by atoms with Crippen LogP contribution in [0.2, 0.25) is 0 Å². The van der Waals surface area contributed by atoms with Gasteiger partial charge in [-0.15, -0.1) is 0 Å². The number of anilines is 2. The zero-order valence-electron chi connectivity index (χ0n) is 21.2. The molecule has 0 bridgehead atoms. The van der Waals surface area contributed by atoms with Crippen LogP contribution in [0.3, 0.4) is 0 Å². The Labute approximate surface area is 220 Å². The molecule has 2 aliphatic heterocycles. The molecule has 11 heteroatoms. The van der Waals surface area contributed by atoms with E-state index < -0.39 is 5.91 Å². The molecule has 2 aliphatic rings. The van der Waals surface area contributed by atoms with Crippen LogP contribution in [0.5, 0.6) is 5.75 Å². The lowest BCUT2D eigenvalue weighted by Crippen LogP contribution is -2.39. The summed E-state index contributed by atoms with van der Waals surface area (Å²) in [4.78, 5) is 41.4. The summed E-state index contributed by atoms with van der Waals surface area (Å²) in [5, 5.41) is 19.6. The summed E-state index contributed by atoms with van der Waals surface area (Å²) >= 11 is 0. The first kappa shape index (κ1) is 26.8. The quantitative estimate of drug-likeness (QED) is 0.446. The van der Waals surface area contributed by atoms with Crippen molar-refractivity contribution in [1.82, 2.24) is 9.78 Å². The summed E-state index contributed by atoms with van der Waals surface area (Å²) in [6, 6.07) is 14.5. The van der Waals surface area contributed by atoms with Crippen molar-refractivity contribution in [1.29, 1.82) is 0 Å². The largest absolute Gasteiger partial charge is 0.497 e. The Kier molecular flexibility index (Phi) is 8.39. The van der Waals surface area contributed by atoms with Crippen LogP contribution in [0.4, 0.5) is 11.4 Å². The number of benzene rings is 2. The van der Waals surface area contributed by atoms with Gasteiger partial charge in [-0.25, -0.2) is 4.68 Å². The maximum Gasteiger partial charge on any atom is 0.277 e. The minimum Gasteiger partial charge on any atom is -0.497 e. The van der Waals surface area contributed by atoms with Gasteiger partial charge in [0.1, 0.15) is 11.4 Å². The number of piperidine rings is 1. The first-order valence-corrected chi connectivity index (χ1v) is 12.4. The number of nitrogens with two attached hydrogens (primary N) is 1. The number of fused-ring (bicyclic) bond motifs is 1. The Morgan fingerprint density at radius 3 is 2.05 bits per heavy atom. The van der Waals surface area contributed by atoms with Gasteiger partial charge >= 0.3 is 0 Å². The maximum atomic E-state index is 13.6. The lowest BCUT2D eigenvalue weighted by molar-refractivity contribution is -0.119. The lowest BCUT2D eigenvalue weighted by atomic mass is 10.0. The molecule has 3 heterocycles. The standard InChI is InChI=1S/C25H25N5O4.C2H6O2/c1-34-19-11-9-18(10-12-19)30-23-20(22(27-30)24(26)32)13-15-29(25(23)33)17-7-5-16(6-8-17)28-14-3-2-4-21(28)31;3-1-2-4/h5-12H,2-4,13-15H2,1H3,(H2,26,32);3-4H,1-2H2. The number of nitrogens with zero attached hydrogens (tertiary/aromatic N) is 4. The number of primary amides is 1. The van der Waals surface area contributed by atoms with Crippen LogP contribution in [0.15, 0.2) is 48.5 Å². The monoisotopic (exact) mass is 521 g/mol. The fourth-order valence-electron chi connectivity index (χ4n) is 4.61. The molecule has 38 heavy (non-hydrogen) atoms. The van der Waals surface area contributed by atoms with Gasteiger partial charge in [-0.2, -0.15) is 5.10 Å². The fourth-order valence-corrected chi connectivity index (χ4v) is 4.61. The number of amides is 3. The molecule has 0 radical (unpaired) electrons. The first-order chi connectivity index (χ1) is 18.4. The molecular weight excluding hydrogens is 490 g/mol. The van der Waals surface area contributed by atoms with E-state index in [1.54, 1.807) is 41.2 Å². The molecule has 4 N–H and O–H groups in total. The van der Waals surface area contributed by atoms with Gasteiger partial charge in [0, 0.05) is 36.4 Å². The molecule has 1 fully saturated rings. The van der Waals surface area contributed by atoms with E-state index in [4.69, 9.17) is 20.7 Å². The minimum atomic E-state index is -0.666. The van der Waals surface area contributed by atoms with E-state index in [0.717, 1.165) is 18.5 Å². The third-order valence-corrected chi connectivity index (χ3v) is 6.46. The normalized spacial score (nSPS) is 15.0. The number of aliphatic hydroxyl groups is 2. The highest BCUT2D eigenvalue weighted by molar-refractivity contribution is 6.09. The number of hydrogen-bond acceptors (Lipinski definition) is 7. The highest BCUT2D eigenvalue weighted by Gasteiger charge is 2.34. The van der Waals surface area contributed by atoms with Crippen molar-refractivity contribution < 1.29 is 29.3 Å². The Balaban J connectivity index is 0.000000786. The van der Waals surface area contributed by atoms with Gasteiger partial charge in [0.2, 0.25) is 5.91 Å². The minimum absolute atomic E-state index is 0.109. The van der Waals surface area contributed by atoms with E-state index in [-0.39, 0.29) is 30.7 Å². The molecule has 1 saturated heterocycles. The van der Waals surface area contributed by atoms with Crippen molar-refractivity contribution in [2.24, 2.45) is 5.73 Å². The summed E-state index contributed by atoms with van der Waals surface area (Å²) in [7, 11) is 1.57. The Morgan fingerprint density at radius 2 is 1.50 bits per heavy atom. The summed E-state index contributed by atoms with van der Waals surface area (Å²) in [5.41, 5.74) is 8.73. The highest BCUT2D eigenvalue weighted by Crippen LogP contribution is 2.31. The number of aliphatic hydroxyl groups excluding tert-OH is 2. The third-order valence-electron chi connectivity index (χ3n) is 6.46. The Morgan fingerprint density at radius 1 is 0.895 bits per heavy atom. The van der Waals surface area contributed by atoms with Crippen molar-refractivity contribution >= 4 is 29.1 Å². The van der Waals surface area contributed by atoms with Crippen molar-refractivity contribution in [2.75, 3.05) is 43.2 Å². The van der Waals surface area contributed by atoms with Gasteiger partial charge < -0.3 is 30.5 Å². The van der Waals surface area contributed by atoms with Gasteiger partial charge in [0.25, 0.3) is 11.8 Å². The van der Waals surface area contributed by atoms with Crippen LogP contribution in [0.25, 0.3) is 5.69 Å². The molecule has 1 aromatic heterocycles. The molecule has 3 aromatic rings. The molecule has 0 saturated carbocycles. The number of carbonyl (C=O) groups excluding carboxylic acids is 3. The number of methoxy groups -OCH3 is 1. The molecule has 3 amide bonds. The second kappa shape index (κ2) is 11.9. The Bertz CT molecular complexity index is 1300. The molecule has 11 nitrogen and oxygen atoms in total. The molecule has 0 unspecified atom stereocenters. The molecular formula is C27H31N5O6.